The lowest BCUT2D eigenvalue weighted by Crippen LogP contribution is -2.32. The molecule has 22 heavy (non-hydrogen) atoms. The van der Waals surface area contributed by atoms with Gasteiger partial charge in [-0.25, -0.2) is 0 Å². The van der Waals surface area contributed by atoms with Gasteiger partial charge in [0, 0.05) is 31.4 Å². The number of benzene rings is 2. The van der Waals surface area contributed by atoms with Crippen molar-refractivity contribution in [2.45, 2.75) is 25.8 Å². The maximum absolute atomic E-state index is 12.2. The summed E-state index contributed by atoms with van der Waals surface area (Å²) in [6.45, 7) is 2.05. The van der Waals surface area contributed by atoms with Crippen molar-refractivity contribution in [2.75, 3.05) is 19.0 Å². The SMILES string of the molecule is CC(CCc1ccccc1)NC(=O)c1ccc(N(C)C)cc1. The number of hydrogen-bond donors (Lipinski definition) is 1. The van der Waals surface area contributed by atoms with E-state index in [1.807, 2.05) is 61.5 Å². The minimum Gasteiger partial charge on any atom is -0.378 e. The summed E-state index contributed by atoms with van der Waals surface area (Å²) in [5.41, 5.74) is 3.10. The zero-order chi connectivity index (χ0) is 15.9. The number of carbonyl (C=O) groups is 1. The van der Waals surface area contributed by atoms with Gasteiger partial charge in [0.2, 0.25) is 0 Å². The van der Waals surface area contributed by atoms with E-state index in [-0.39, 0.29) is 11.9 Å². The van der Waals surface area contributed by atoms with Crippen molar-refractivity contribution in [1.82, 2.24) is 5.32 Å². The highest BCUT2D eigenvalue weighted by Gasteiger charge is 2.10. The molecule has 0 saturated heterocycles. The van der Waals surface area contributed by atoms with E-state index in [1.54, 1.807) is 0 Å². The van der Waals surface area contributed by atoms with Crippen LogP contribution in [0.4, 0.5) is 5.69 Å². The summed E-state index contributed by atoms with van der Waals surface area (Å²) in [4.78, 5) is 14.2. The van der Waals surface area contributed by atoms with Crippen LogP contribution in [0.2, 0.25) is 0 Å². The van der Waals surface area contributed by atoms with Gasteiger partial charge in [-0.1, -0.05) is 30.3 Å². The molecule has 0 aliphatic heterocycles. The molecule has 0 aliphatic rings. The average molecular weight is 296 g/mol. The molecule has 1 amide bonds. The molecule has 2 rings (SSSR count). The van der Waals surface area contributed by atoms with Crippen molar-refractivity contribution in [1.29, 1.82) is 0 Å². The van der Waals surface area contributed by atoms with Crippen LogP contribution in [-0.4, -0.2) is 26.0 Å². The predicted octanol–water partition coefficient (Wildman–Crippen LogP) is 3.50. The van der Waals surface area contributed by atoms with Crippen molar-refractivity contribution in [3.63, 3.8) is 0 Å². The summed E-state index contributed by atoms with van der Waals surface area (Å²) in [5.74, 6) is -0.00846. The van der Waals surface area contributed by atoms with Gasteiger partial charge in [-0.05, 0) is 49.6 Å². The van der Waals surface area contributed by atoms with E-state index in [4.69, 9.17) is 0 Å². The molecule has 1 unspecified atom stereocenters. The minimum atomic E-state index is -0.00846. The van der Waals surface area contributed by atoms with Crippen LogP contribution in [0.1, 0.15) is 29.3 Å². The van der Waals surface area contributed by atoms with Crippen molar-refractivity contribution < 1.29 is 4.79 Å². The van der Waals surface area contributed by atoms with Gasteiger partial charge in [-0.2, -0.15) is 0 Å². The third-order valence-electron chi connectivity index (χ3n) is 3.73. The number of nitrogens with zero attached hydrogens (tertiary/aromatic N) is 1. The highest BCUT2D eigenvalue weighted by Crippen LogP contribution is 2.12. The van der Waals surface area contributed by atoms with Crippen LogP contribution in [0.5, 0.6) is 0 Å². The number of amides is 1. The Morgan fingerprint density at radius 3 is 2.27 bits per heavy atom. The highest BCUT2D eigenvalue weighted by molar-refractivity contribution is 5.94. The first kappa shape index (κ1) is 16.1. The van der Waals surface area contributed by atoms with Crippen molar-refractivity contribution in [3.8, 4) is 0 Å². The normalized spacial score (nSPS) is 11.8. The van der Waals surface area contributed by atoms with Gasteiger partial charge >= 0.3 is 0 Å². The average Bonchev–Trinajstić information content (AvgIpc) is 2.54. The molecule has 116 valence electrons. The second-order valence-electron chi connectivity index (χ2n) is 5.84. The number of carbonyl (C=O) groups excluding carboxylic acids is 1. The summed E-state index contributed by atoms with van der Waals surface area (Å²) >= 11 is 0. The largest absolute Gasteiger partial charge is 0.378 e. The summed E-state index contributed by atoms with van der Waals surface area (Å²) in [7, 11) is 3.97. The highest BCUT2D eigenvalue weighted by atomic mass is 16.1. The van der Waals surface area contributed by atoms with Gasteiger partial charge in [-0.3, -0.25) is 4.79 Å². The van der Waals surface area contributed by atoms with E-state index in [9.17, 15) is 4.79 Å². The Balaban J connectivity index is 1.85. The van der Waals surface area contributed by atoms with Crippen LogP contribution >= 0.6 is 0 Å². The zero-order valence-electron chi connectivity index (χ0n) is 13.5. The van der Waals surface area contributed by atoms with Crippen molar-refractivity contribution in [2.24, 2.45) is 0 Å². The predicted molar refractivity (Wildman–Crippen MR) is 92.5 cm³/mol. The molecule has 1 N–H and O–H groups in total. The number of rotatable bonds is 6. The molecule has 0 radical (unpaired) electrons. The smallest absolute Gasteiger partial charge is 0.251 e. The van der Waals surface area contributed by atoms with Gasteiger partial charge in [0.1, 0.15) is 0 Å². The van der Waals surface area contributed by atoms with E-state index in [2.05, 4.69) is 24.4 Å². The lowest BCUT2D eigenvalue weighted by atomic mass is 10.1. The van der Waals surface area contributed by atoms with Gasteiger partial charge < -0.3 is 10.2 Å². The summed E-state index contributed by atoms with van der Waals surface area (Å²) < 4.78 is 0. The second kappa shape index (κ2) is 7.64. The van der Waals surface area contributed by atoms with E-state index < -0.39 is 0 Å². The third-order valence-corrected chi connectivity index (χ3v) is 3.73. The molecule has 3 nitrogen and oxygen atoms in total. The topological polar surface area (TPSA) is 32.3 Å². The lowest BCUT2D eigenvalue weighted by Gasteiger charge is -2.15. The molecule has 0 heterocycles. The Kier molecular flexibility index (Phi) is 5.59. The number of nitrogens with one attached hydrogen (secondary N) is 1. The molecular weight excluding hydrogens is 272 g/mol. The quantitative estimate of drug-likeness (QED) is 0.885. The van der Waals surface area contributed by atoms with Crippen molar-refractivity contribution in [3.05, 3.63) is 65.7 Å². The summed E-state index contributed by atoms with van der Waals surface area (Å²) in [6.07, 6.45) is 1.91. The maximum atomic E-state index is 12.2. The van der Waals surface area contributed by atoms with E-state index >= 15 is 0 Å². The number of hydrogen-bond acceptors (Lipinski definition) is 2. The summed E-state index contributed by atoms with van der Waals surface area (Å²) in [5, 5.41) is 3.06. The first-order chi connectivity index (χ1) is 10.6. The first-order valence-corrected chi connectivity index (χ1v) is 7.68. The zero-order valence-corrected chi connectivity index (χ0v) is 13.5. The van der Waals surface area contributed by atoms with E-state index in [0.717, 1.165) is 18.5 Å². The first-order valence-electron chi connectivity index (χ1n) is 7.68. The number of anilines is 1. The standard InChI is InChI=1S/C19H24N2O/c1-15(9-10-16-7-5-4-6-8-16)20-19(22)17-11-13-18(14-12-17)21(2)3/h4-8,11-15H,9-10H2,1-3H3,(H,20,22). The van der Waals surface area contributed by atoms with Gasteiger partial charge in [0.25, 0.3) is 5.91 Å². The molecule has 2 aromatic rings. The van der Waals surface area contributed by atoms with E-state index in [1.165, 1.54) is 5.56 Å². The number of aryl methyl sites for hydroxylation is 1. The lowest BCUT2D eigenvalue weighted by molar-refractivity contribution is 0.0938. The summed E-state index contributed by atoms with van der Waals surface area (Å²) in [6, 6.07) is 18.2. The Morgan fingerprint density at radius 1 is 1.05 bits per heavy atom. The van der Waals surface area contributed by atoms with Crippen LogP contribution < -0.4 is 10.2 Å². The van der Waals surface area contributed by atoms with Gasteiger partial charge in [0.05, 0.1) is 0 Å². The van der Waals surface area contributed by atoms with Crippen LogP contribution in [0.25, 0.3) is 0 Å². The maximum Gasteiger partial charge on any atom is 0.251 e. The molecule has 0 aromatic heterocycles. The molecule has 0 saturated carbocycles. The fourth-order valence-electron chi connectivity index (χ4n) is 2.32. The Labute approximate surface area is 133 Å². The van der Waals surface area contributed by atoms with Crippen LogP contribution in [0.15, 0.2) is 54.6 Å². The molecule has 2 aromatic carbocycles. The molecule has 0 aliphatic carbocycles. The Hall–Kier alpha value is -2.29. The second-order valence-corrected chi connectivity index (χ2v) is 5.84. The Morgan fingerprint density at radius 2 is 1.68 bits per heavy atom. The monoisotopic (exact) mass is 296 g/mol. The van der Waals surface area contributed by atoms with Crippen LogP contribution in [0, 0.1) is 0 Å². The Bertz CT molecular complexity index is 591. The molecular formula is C19H24N2O. The molecule has 0 fully saturated rings. The van der Waals surface area contributed by atoms with Crippen LogP contribution in [0.3, 0.4) is 0 Å². The molecule has 1 atom stereocenters. The molecule has 3 heteroatoms. The van der Waals surface area contributed by atoms with Gasteiger partial charge in [0.15, 0.2) is 0 Å². The molecule has 0 spiro atoms. The van der Waals surface area contributed by atoms with Crippen LogP contribution in [-0.2, 0) is 6.42 Å². The fraction of sp³-hybridized carbons (Fsp3) is 0.316. The van der Waals surface area contributed by atoms with Gasteiger partial charge in [-0.15, -0.1) is 0 Å². The fourth-order valence-corrected chi connectivity index (χ4v) is 2.32. The third kappa shape index (κ3) is 4.62. The van der Waals surface area contributed by atoms with E-state index in [0.29, 0.717) is 5.56 Å². The van der Waals surface area contributed by atoms with Crippen molar-refractivity contribution >= 4 is 11.6 Å². The minimum absolute atomic E-state index is 0.00846. The molecule has 0 bridgehead atoms.